The maximum atomic E-state index is 5.88. The van der Waals surface area contributed by atoms with Crippen LogP contribution in [-0.2, 0) is 11.3 Å². The SMILES string of the molecule is COCC(C)n1cc(C)nc1NCc1ccc(Cl)cc1. The summed E-state index contributed by atoms with van der Waals surface area (Å²) in [6, 6.07) is 8.05. The first-order chi connectivity index (χ1) is 9.60. The Hall–Kier alpha value is -1.52. The van der Waals surface area contributed by atoms with E-state index in [2.05, 4.69) is 21.8 Å². The van der Waals surface area contributed by atoms with Crippen LogP contribution < -0.4 is 5.32 Å². The molecule has 1 N–H and O–H groups in total. The summed E-state index contributed by atoms with van der Waals surface area (Å²) in [5, 5.41) is 4.11. The Morgan fingerprint density at radius 3 is 2.70 bits per heavy atom. The summed E-state index contributed by atoms with van der Waals surface area (Å²) >= 11 is 5.88. The van der Waals surface area contributed by atoms with Crippen molar-refractivity contribution in [2.45, 2.75) is 26.4 Å². The molecule has 0 fully saturated rings. The van der Waals surface area contributed by atoms with Crippen LogP contribution in [0.4, 0.5) is 5.95 Å². The molecule has 0 aliphatic rings. The number of anilines is 1. The molecule has 1 heterocycles. The zero-order chi connectivity index (χ0) is 14.5. The van der Waals surface area contributed by atoms with E-state index >= 15 is 0 Å². The molecule has 2 aromatic rings. The minimum absolute atomic E-state index is 0.244. The van der Waals surface area contributed by atoms with Gasteiger partial charge >= 0.3 is 0 Å². The first kappa shape index (κ1) is 14.9. The Morgan fingerprint density at radius 1 is 1.35 bits per heavy atom. The monoisotopic (exact) mass is 293 g/mol. The maximum Gasteiger partial charge on any atom is 0.203 e. The topological polar surface area (TPSA) is 39.1 Å². The number of methoxy groups -OCH3 is 1. The number of hydrogen-bond acceptors (Lipinski definition) is 3. The molecule has 1 aromatic carbocycles. The summed E-state index contributed by atoms with van der Waals surface area (Å²) < 4.78 is 7.31. The molecule has 0 spiro atoms. The Morgan fingerprint density at radius 2 is 2.05 bits per heavy atom. The molecular formula is C15H20ClN3O. The highest BCUT2D eigenvalue weighted by Crippen LogP contribution is 2.17. The standard InChI is InChI=1S/C15H20ClN3O/c1-11-9-19(12(2)10-20-3)15(18-11)17-8-13-4-6-14(16)7-5-13/h4-7,9,12H,8,10H2,1-3H3,(H,17,18). The van der Waals surface area contributed by atoms with Gasteiger partial charge in [-0.3, -0.25) is 0 Å². The van der Waals surface area contributed by atoms with Gasteiger partial charge in [-0.2, -0.15) is 0 Å². The molecule has 0 saturated heterocycles. The Balaban J connectivity index is 2.07. The molecule has 1 atom stereocenters. The Labute approximate surface area is 124 Å². The van der Waals surface area contributed by atoms with E-state index in [1.807, 2.05) is 37.4 Å². The summed E-state index contributed by atoms with van der Waals surface area (Å²) in [5.74, 6) is 0.863. The highest BCUT2D eigenvalue weighted by Gasteiger charge is 2.11. The molecule has 0 aliphatic carbocycles. The molecule has 0 bridgehead atoms. The molecule has 0 radical (unpaired) electrons. The number of nitrogens with one attached hydrogen (secondary N) is 1. The van der Waals surface area contributed by atoms with Crippen molar-refractivity contribution in [2.75, 3.05) is 19.0 Å². The predicted molar refractivity (Wildman–Crippen MR) is 82.3 cm³/mol. The lowest BCUT2D eigenvalue weighted by molar-refractivity contribution is 0.163. The molecule has 5 heteroatoms. The predicted octanol–water partition coefficient (Wildman–Crippen LogP) is 3.66. The molecule has 2 rings (SSSR count). The van der Waals surface area contributed by atoms with E-state index in [1.165, 1.54) is 5.56 Å². The number of hydrogen-bond donors (Lipinski definition) is 1. The number of nitrogens with zero attached hydrogens (tertiary/aromatic N) is 2. The van der Waals surface area contributed by atoms with Gasteiger partial charge < -0.3 is 14.6 Å². The lowest BCUT2D eigenvalue weighted by atomic mass is 10.2. The van der Waals surface area contributed by atoms with Crippen LogP contribution in [0.5, 0.6) is 0 Å². The largest absolute Gasteiger partial charge is 0.383 e. The van der Waals surface area contributed by atoms with Crippen molar-refractivity contribution >= 4 is 17.5 Å². The van der Waals surface area contributed by atoms with Gasteiger partial charge in [-0.1, -0.05) is 23.7 Å². The fourth-order valence-corrected chi connectivity index (χ4v) is 2.21. The zero-order valence-corrected chi connectivity index (χ0v) is 12.8. The van der Waals surface area contributed by atoms with Gasteiger partial charge in [-0.25, -0.2) is 4.98 Å². The summed E-state index contributed by atoms with van der Waals surface area (Å²) in [6.07, 6.45) is 2.04. The van der Waals surface area contributed by atoms with Gasteiger partial charge in [0.05, 0.1) is 18.3 Å². The van der Waals surface area contributed by atoms with Gasteiger partial charge in [0.15, 0.2) is 0 Å². The zero-order valence-electron chi connectivity index (χ0n) is 12.1. The van der Waals surface area contributed by atoms with Crippen LogP contribution in [0, 0.1) is 6.92 Å². The minimum Gasteiger partial charge on any atom is -0.383 e. The van der Waals surface area contributed by atoms with Crippen molar-refractivity contribution in [3.8, 4) is 0 Å². The molecule has 0 saturated carbocycles. The van der Waals surface area contributed by atoms with E-state index in [4.69, 9.17) is 16.3 Å². The molecular weight excluding hydrogens is 274 g/mol. The Kier molecular flexibility index (Phi) is 5.04. The average molecular weight is 294 g/mol. The van der Waals surface area contributed by atoms with Crippen molar-refractivity contribution in [1.82, 2.24) is 9.55 Å². The van der Waals surface area contributed by atoms with Crippen molar-refractivity contribution in [3.63, 3.8) is 0 Å². The fourth-order valence-electron chi connectivity index (χ4n) is 2.09. The second kappa shape index (κ2) is 6.77. The van der Waals surface area contributed by atoms with E-state index in [0.29, 0.717) is 13.2 Å². The van der Waals surface area contributed by atoms with E-state index < -0.39 is 0 Å². The number of aryl methyl sites for hydroxylation is 1. The molecule has 0 aliphatic heterocycles. The van der Waals surface area contributed by atoms with E-state index in [1.54, 1.807) is 7.11 Å². The molecule has 108 valence electrons. The lowest BCUT2D eigenvalue weighted by Crippen LogP contribution is -2.14. The van der Waals surface area contributed by atoms with E-state index in [0.717, 1.165) is 16.7 Å². The maximum absolute atomic E-state index is 5.88. The third kappa shape index (κ3) is 3.74. The average Bonchev–Trinajstić information content (AvgIpc) is 2.80. The molecule has 1 aromatic heterocycles. The van der Waals surface area contributed by atoms with Crippen molar-refractivity contribution < 1.29 is 4.74 Å². The lowest BCUT2D eigenvalue weighted by Gasteiger charge is -2.16. The van der Waals surface area contributed by atoms with Crippen LogP contribution in [0.15, 0.2) is 30.5 Å². The molecule has 1 unspecified atom stereocenters. The minimum atomic E-state index is 0.244. The van der Waals surface area contributed by atoms with E-state index in [-0.39, 0.29) is 6.04 Å². The molecule has 0 amide bonds. The normalized spacial score (nSPS) is 12.4. The highest BCUT2D eigenvalue weighted by atomic mass is 35.5. The van der Waals surface area contributed by atoms with Crippen LogP contribution >= 0.6 is 11.6 Å². The quantitative estimate of drug-likeness (QED) is 0.883. The van der Waals surface area contributed by atoms with Crippen LogP contribution in [0.2, 0.25) is 5.02 Å². The number of ether oxygens (including phenoxy) is 1. The third-order valence-corrected chi connectivity index (χ3v) is 3.35. The van der Waals surface area contributed by atoms with Gasteiger partial charge in [-0.15, -0.1) is 0 Å². The van der Waals surface area contributed by atoms with Gasteiger partial charge in [0, 0.05) is 24.9 Å². The summed E-state index contributed by atoms with van der Waals surface area (Å²) in [6.45, 7) is 5.47. The first-order valence-corrected chi connectivity index (χ1v) is 7.00. The molecule has 20 heavy (non-hydrogen) atoms. The van der Waals surface area contributed by atoms with Gasteiger partial charge in [0.1, 0.15) is 0 Å². The number of halogens is 1. The summed E-state index contributed by atoms with van der Waals surface area (Å²) in [5.41, 5.74) is 2.16. The van der Waals surface area contributed by atoms with Gasteiger partial charge in [0.25, 0.3) is 0 Å². The van der Waals surface area contributed by atoms with Crippen LogP contribution in [0.25, 0.3) is 0 Å². The molecule has 4 nitrogen and oxygen atoms in total. The Bertz CT molecular complexity index is 551. The van der Waals surface area contributed by atoms with Gasteiger partial charge in [-0.05, 0) is 31.5 Å². The van der Waals surface area contributed by atoms with Crippen LogP contribution in [0.1, 0.15) is 24.2 Å². The highest BCUT2D eigenvalue weighted by molar-refractivity contribution is 6.30. The van der Waals surface area contributed by atoms with Crippen molar-refractivity contribution in [1.29, 1.82) is 0 Å². The first-order valence-electron chi connectivity index (χ1n) is 6.63. The van der Waals surface area contributed by atoms with Crippen molar-refractivity contribution in [2.24, 2.45) is 0 Å². The third-order valence-electron chi connectivity index (χ3n) is 3.10. The number of rotatable bonds is 6. The smallest absolute Gasteiger partial charge is 0.203 e. The van der Waals surface area contributed by atoms with Crippen LogP contribution in [0.3, 0.4) is 0 Å². The summed E-state index contributed by atoms with van der Waals surface area (Å²) in [4.78, 5) is 4.52. The second-order valence-electron chi connectivity index (χ2n) is 4.90. The number of imidazole rings is 1. The number of benzene rings is 1. The number of aromatic nitrogens is 2. The fraction of sp³-hybridized carbons (Fsp3) is 0.400. The van der Waals surface area contributed by atoms with Crippen LogP contribution in [-0.4, -0.2) is 23.3 Å². The van der Waals surface area contributed by atoms with E-state index in [9.17, 15) is 0 Å². The van der Waals surface area contributed by atoms with Crippen molar-refractivity contribution in [3.05, 3.63) is 46.7 Å². The summed E-state index contributed by atoms with van der Waals surface area (Å²) in [7, 11) is 1.71. The van der Waals surface area contributed by atoms with Gasteiger partial charge in [0.2, 0.25) is 5.95 Å². The second-order valence-corrected chi connectivity index (χ2v) is 5.33.